The number of likely N-dealkylation sites (N-methyl/N-ethyl adjacent to an activating group) is 1. The Hall–Kier alpha value is 0.500. The van der Waals surface area contributed by atoms with Gasteiger partial charge in [0.2, 0.25) is 0 Å². The fourth-order valence-corrected chi connectivity index (χ4v) is 2.81. The summed E-state index contributed by atoms with van der Waals surface area (Å²) in [6.45, 7) is 5.09. The number of unbranched alkanes of at least 4 members (excludes halogenated alkanes) is 9. The van der Waals surface area contributed by atoms with Crippen molar-refractivity contribution in [3.05, 3.63) is 0 Å². The molecule has 0 heterocycles. The van der Waals surface area contributed by atoms with E-state index in [2.05, 4.69) is 21.0 Å². The largest absolute Gasteiger partial charge is 1.00 e. The molecule has 0 aromatic rings. The molecule has 4 heteroatoms. The molecule has 0 fully saturated rings. The van der Waals surface area contributed by atoms with Crippen molar-refractivity contribution in [2.75, 3.05) is 20.6 Å². The SMILES string of the molecule is CCCCCCCCCCCC[N+](C)(C)C(Cl)C(C)O.[Cl-]. The molecule has 130 valence electrons. The van der Waals surface area contributed by atoms with Crippen LogP contribution < -0.4 is 12.4 Å². The van der Waals surface area contributed by atoms with Gasteiger partial charge >= 0.3 is 0 Å². The van der Waals surface area contributed by atoms with Crippen LogP contribution in [0, 0.1) is 0 Å². The quantitative estimate of drug-likeness (QED) is 0.235. The lowest BCUT2D eigenvalue weighted by Crippen LogP contribution is -3.00. The molecule has 0 aromatic heterocycles. The highest BCUT2D eigenvalue weighted by atomic mass is 35.5. The Labute approximate surface area is 144 Å². The highest BCUT2D eigenvalue weighted by Gasteiger charge is 2.29. The zero-order chi connectivity index (χ0) is 15.4. The van der Waals surface area contributed by atoms with Crippen LogP contribution in [0.2, 0.25) is 0 Å². The van der Waals surface area contributed by atoms with Crippen molar-refractivity contribution in [3.63, 3.8) is 0 Å². The minimum Gasteiger partial charge on any atom is -1.00 e. The Kier molecular flexibility index (Phi) is 16.0. The zero-order valence-electron chi connectivity index (χ0n) is 14.6. The van der Waals surface area contributed by atoms with Crippen molar-refractivity contribution < 1.29 is 22.0 Å². The Morgan fingerprint density at radius 2 is 1.24 bits per heavy atom. The molecule has 0 aromatic carbocycles. The van der Waals surface area contributed by atoms with Crippen molar-refractivity contribution in [1.29, 1.82) is 0 Å². The van der Waals surface area contributed by atoms with Crippen LogP contribution in [0.1, 0.15) is 78.1 Å². The maximum atomic E-state index is 9.57. The van der Waals surface area contributed by atoms with Gasteiger partial charge in [0.1, 0.15) is 6.10 Å². The zero-order valence-corrected chi connectivity index (χ0v) is 16.1. The number of hydrogen-bond acceptors (Lipinski definition) is 1. The van der Waals surface area contributed by atoms with Crippen molar-refractivity contribution in [2.24, 2.45) is 0 Å². The summed E-state index contributed by atoms with van der Waals surface area (Å²) in [5, 5.41) is 9.57. The third-order valence-electron chi connectivity index (χ3n) is 4.15. The molecule has 0 radical (unpaired) electrons. The van der Waals surface area contributed by atoms with E-state index in [1.165, 1.54) is 64.2 Å². The molecule has 0 bridgehead atoms. The third-order valence-corrected chi connectivity index (χ3v) is 5.05. The van der Waals surface area contributed by atoms with Crippen molar-refractivity contribution in [1.82, 2.24) is 0 Å². The number of aliphatic hydroxyl groups is 1. The van der Waals surface area contributed by atoms with Gasteiger partial charge in [-0.05, 0) is 19.8 Å². The fourth-order valence-electron chi connectivity index (χ4n) is 2.71. The molecule has 0 rings (SSSR count). The summed E-state index contributed by atoms with van der Waals surface area (Å²) in [4.78, 5) is 0. The minimum atomic E-state index is -0.449. The van der Waals surface area contributed by atoms with Crippen LogP contribution in [0.5, 0.6) is 0 Å². The Morgan fingerprint density at radius 1 is 0.857 bits per heavy atom. The number of alkyl halides is 1. The van der Waals surface area contributed by atoms with Crippen LogP contribution in [-0.2, 0) is 0 Å². The first-order valence-electron chi connectivity index (χ1n) is 8.56. The van der Waals surface area contributed by atoms with Crippen LogP contribution in [0.4, 0.5) is 0 Å². The van der Waals surface area contributed by atoms with Gasteiger partial charge in [0.05, 0.1) is 20.6 Å². The molecule has 0 aliphatic carbocycles. The topological polar surface area (TPSA) is 20.2 Å². The van der Waals surface area contributed by atoms with Gasteiger partial charge in [-0.25, -0.2) is 0 Å². The minimum absolute atomic E-state index is 0. The molecule has 1 N–H and O–H groups in total. The van der Waals surface area contributed by atoms with Gasteiger partial charge < -0.3 is 22.0 Å². The van der Waals surface area contributed by atoms with Gasteiger partial charge in [-0.2, -0.15) is 0 Å². The van der Waals surface area contributed by atoms with E-state index in [4.69, 9.17) is 11.6 Å². The van der Waals surface area contributed by atoms with E-state index < -0.39 is 6.10 Å². The Bertz CT molecular complexity index is 223. The molecule has 0 saturated heterocycles. The molecule has 0 saturated carbocycles. The van der Waals surface area contributed by atoms with Gasteiger partial charge in [-0.1, -0.05) is 69.9 Å². The van der Waals surface area contributed by atoms with E-state index in [1.807, 2.05) is 0 Å². The molecule has 2 nitrogen and oxygen atoms in total. The summed E-state index contributed by atoms with van der Waals surface area (Å²) in [5.74, 6) is 0. The lowest BCUT2D eigenvalue weighted by atomic mass is 10.1. The second kappa shape index (κ2) is 14.1. The second-order valence-corrected chi connectivity index (χ2v) is 7.24. The predicted molar refractivity (Wildman–Crippen MR) is 90.1 cm³/mol. The highest BCUT2D eigenvalue weighted by molar-refractivity contribution is 6.19. The second-order valence-electron chi connectivity index (χ2n) is 6.80. The predicted octanol–water partition coefficient (Wildman–Crippen LogP) is 1.93. The van der Waals surface area contributed by atoms with Crippen LogP contribution in [0.25, 0.3) is 0 Å². The lowest BCUT2D eigenvalue weighted by Gasteiger charge is -2.35. The maximum Gasteiger partial charge on any atom is 0.190 e. The first-order chi connectivity index (χ1) is 9.41. The molecule has 0 aliphatic heterocycles. The highest BCUT2D eigenvalue weighted by Crippen LogP contribution is 2.17. The molecule has 0 spiro atoms. The van der Waals surface area contributed by atoms with E-state index >= 15 is 0 Å². The third kappa shape index (κ3) is 12.7. The molecule has 21 heavy (non-hydrogen) atoms. The molecule has 0 amide bonds. The van der Waals surface area contributed by atoms with E-state index in [1.54, 1.807) is 6.92 Å². The van der Waals surface area contributed by atoms with Crippen LogP contribution in [-0.4, -0.2) is 41.8 Å². The van der Waals surface area contributed by atoms with Gasteiger partial charge in [0, 0.05) is 0 Å². The van der Waals surface area contributed by atoms with E-state index in [0.29, 0.717) is 4.48 Å². The number of nitrogens with zero attached hydrogens (tertiary/aromatic N) is 1. The van der Waals surface area contributed by atoms with Crippen LogP contribution in [0.15, 0.2) is 0 Å². The van der Waals surface area contributed by atoms with E-state index in [9.17, 15) is 5.11 Å². The number of hydrogen-bond donors (Lipinski definition) is 1. The smallest absolute Gasteiger partial charge is 0.190 e. The first-order valence-corrected chi connectivity index (χ1v) is 9.00. The van der Waals surface area contributed by atoms with Crippen molar-refractivity contribution in [2.45, 2.75) is 89.7 Å². The number of rotatable bonds is 13. The van der Waals surface area contributed by atoms with Gasteiger partial charge in [-0.15, -0.1) is 0 Å². The molecule has 2 unspecified atom stereocenters. The van der Waals surface area contributed by atoms with Gasteiger partial charge in [0.25, 0.3) is 0 Å². The molecule has 0 aliphatic rings. The standard InChI is InChI=1S/C17H37ClNO.ClH/c1-5-6-7-8-9-10-11-12-13-14-15-19(3,4)17(18)16(2)20;/h16-17,20H,5-15H2,1-4H3;1H/q+1;/p-1. The Balaban J connectivity index is 0. The van der Waals surface area contributed by atoms with E-state index in [-0.39, 0.29) is 17.9 Å². The number of quaternary nitrogens is 1. The number of aliphatic hydroxyl groups excluding tert-OH is 1. The lowest BCUT2D eigenvalue weighted by molar-refractivity contribution is -0.905. The monoisotopic (exact) mass is 341 g/mol. The van der Waals surface area contributed by atoms with Crippen LogP contribution in [0.3, 0.4) is 0 Å². The fraction of sp³-hybridized carbons (Fsp3) is 1.00. The molecular formula is C17H37Cl2NO. The Morgan fingerprint density at radius 3 is 1.62 bits per heavy atom. The summed E-state index contributed by atoms with van der Waals surface area (Å²) >= 11 is 6.25. The van der Waals surface area contributed by atoms with Crippen molar-refractivity contribution >= 4 is 11.6 Å². The van der Waals surface area contributed by atoms with E-state index in [0.717, 1.165) is 6.54 Å². The van der Waals surface area contributed by atoms with Gasteiger partial charge in [-0.3, -0.25) is 0 Å². The maximum absolute atomic E-state index is 9.57. The molecular weight excluding hydrogens is 305 g/mol. The summed E-state index contributed by atoms with van der Waals surface area (Å²) in [6, 6.07) is 0. The number of halogens is 2. The van der Waals surface area contributed by atoms with Crippen molar-refractivity contribution in [3.8, 4) is 0 Å². The molecule has 2 atom stereocenters. The average Bonchev–Trinajstić information content (AvgIpc) is 2.39. The summed E-state index contributed by atoms with van der Waals surface area (Å²) in [6.07, 6.45) is 13.1. The summed E-state index contributed by atoms with van der Waals surface area (Å²) in [7, 11) is 4.22. The van der Waals surface area contributed by atoms with Gasteiger partial charge in [0.15, 0.2) is 5.50 Å². The van der Waals surface area contributed by atoms with Crippen LogP contribution >= 0.6 is 11.6 Å². The summed E-state index contributed by atoms with van der Waals surface area (Å²) < 4.78 is 0.705. The summed E-state index contributed by atoms with van der Waals surface area (Å²) in [5.41, 5.74) is -0.200. The average molecular weight is 342 g/mol. The first kappa shape index (κ1) is 23.8. The normalized spacial score (nSPS) is 14.6.